The Hall–Kier alpha value is -2.97. The van der Waals surface area contributed by atoms with Gasteiger partial charge < -0.3 is 20.7 Å². The normalized spacial score (nSPS) is 25.3. The number of piperidine rings is 1. The van der Waals surface area contributed by atoms with Crippen molar-refractivity contribution < 1.29 is 31.1 Å². The maximum Gasteiger partial charge on any atom is 0.419 e. The van der Waals surface area contributed by atoms with Crippen molar-refractivity contribution in [3.8, 4) is 5.75 Å². The van der Waals surface area contributed by atoms with E-state index in [9.17, 15) is 26.4 Å². The lowest BCUT2D eigenvalue weighted by Gasteiger charge is -2.39. The highest BCUT2D eigenvalue weighted by Gasteiger charge is 2.60. The molecular formula is C31H43F3N6O4S. The van der Waals surface area contributed by atoms with Crippen LogP contribution in [0.2, 0.25) is 0 Å². The average molecular weight is 653 g/mol. The number of sulfonamides is 1. The fourth-order valence-corrected chi connectivity index (χ4v) is 8.63. The molecular weight excluding hydrogens is 609 g/mol. The molecule has 10 nitrogen and oxygen atoms in total. The Balaban J connectivity index is 1.31. The molecule has 2 aliphatic carbocycles. The summed E-state index contributed by atoms with van der Waals surface area (Å²) < 4.78 is 74.2. The molecule has 14 heteroatoms. The van der Waals surface area contributed by atoms with Crippen molar-refractivity contribution in [2.45, 2.75) is 83.0 Å². The number of amides is 1. The molecule has 2 unspecified atom stereocenters. The molecule has 45 heavy (non-hydrogen) atoms. The fourth-order valence-electron chi connectivity index (χ4n) is 7.38. The van der Waals surface area contributed by atoms with E-state index in [2.05, 4.69) is 25.9 Å². The van der Waals surface area contributed by atoms with E-state index in [-0.39, 0.29) is 47.4 Å². The van der Waals surface area contributed by atoms with E-state index in [4.69, 9.17) is 4.74 Å². The lowest BCUT2D eigenvalue weighted by atomic mass is 9.79. The lowest BCUT2D eigenvalue weighted by Crippen LogP contribution is -2.47. The number of ether oxygens (including phenoxy) is 1. The van der Waals surface area contributed by atoms with Gasteiger partial charge in [0.1, 0.15) is 5.75 Å². The number of hydrogen-bond donors (Lipinski definition) is 3. The number of aryl methyl sites for hydroxylation is 1. The van der Waals surface area contributed by atoms with Crippen LogP contribution in [-0.2, 0) is 22.6 Å². The second kappa shape index (κ2) is 13.4. The van der Waals surface area contributed by atoms with Crippen molar-refractivity contribution in [1.82, 2.24) is 24.9 Å². The topological polar surface area (TPSA) is 126 Å². The van der Waals surface area contributed by atoms with E-state index >= 15 is 0 Å². The number of methoxy groups -OCH3 is 1. The third kappa shape index (κ3) is 7.54. The van der Waals surface area contributed by atoms with Crippen molar-refractivity contribution >= 4 is 27.6 Å². The molecule has 2 heterocycles. The van der Waals surface area contributed by atoms with E-state index < -0.39 is 21.8 Å². The third-order valence-electron chi connectivity index (χ3n) is 9.64. The van der Waals surface area contributed by atoms with Gasteiger partial charge in [0.15, 0.2) is 0 Å². The number of carbonyl (C=O) groups excluding carboxylic acids is 1. The number of nitrogens with one attached hydrogen (secondary N) is 3. The zero-order valence-electron chi connectivity index (χ0n) is 26.0. The van der Waals surface area contributed by atoms with Crippen molar-refractivity contribution in [2.75, 3.05) is 38.3 Å². The monoisotopic (exact) mass is 652 g/mol. The van der Waals surface area contributed by atoms with Crippen LogP contribution in [0.1, 0.15) is 79.9 Å². The van der Waals surface area contributed by atoms with Crippen molar-refractivity contribution in [3.05, 3.63) is 41.2 Å². The average Bonchev–Trinajstić information content (AvgIpc) is 3.69. The molecule has 4 atom stereocenters. The van der Waals surface area contributed by atoms with Crippen LogP contribution in [-0.4, -0.2) is 73.7 Å². The summed E-state index contributed by atoms with van der Waals surface area (Å²) in [6.45, 7) is 3.85. The highest BCUT2D eigenvalue weighted by molar-refractivity contribution is 7.88. The molecule has 2 aromatic rings. The van der Waals surface area contributed by atoms with Crippen molar-refractivity contribution in [3.63, 3.8) is 0 Å². The van der Waals surface area contributed by atoms with Gasteiger partial charge in [0.25, 0.3) is 5.91 Å². The van der Waals surface area contributed by atoms with Crippen LogP contribution in [0.5, 0.6) is 5.75 Å². The van der Waals surface area contributed by atoms with Gasteiger partial charge in [0, 0.05) is 36.9 Å². The smallest absolute Gasteiger partial charge is 0.419 e. The maximum atomic E-state index is 14.0. The molecule has 1 spiro atoms. The molecule has 5 rings (SSSR count). The highest BCUT2D eigenvalue weighted by atomic mass is 32.2. The maximum absolute atomic E-state index is 14.0. The van der Waals surface area contributed by atoms with Gasteiger partial charge in [0.05, 0.1) is 30.3 Å². The first kappa shape index (κ1) is 33.4. The first-order chi connectivity index (χ1) is 21.4. The van der Waals surface area contributed by atoms with Gasteiger partial charge >= 0.3 is 6.18 Å². The Bertz CT molecular complexity index is 1480. The first-order valence-corrected chi connectivity index (χ1v) is 17.6. The molecule has 0 radical (unpaired) electrons. The molecule has 1 aromatic heterocycles. The molecule has 1 aliphatic heterocycles. The van der Waals surface area contributed by atoms with Gasteiger partial charge in [-0.15, -0.1) is 0 Å². The molecule has 1 aromatic carbocycles. The molecule has 3 N–H and O–H groups in total. The van der Waals surface area contributed by atoms with Crippen molar-refractivity contribution in [2.24, 2.45) is 11.3 Å². The first-order valence-electron chi connectivity index (χ1n) is 15.7. The summed E-state index contributed by atoms with van der Waals surface area (Å²) in [4.78, 5) is 21.1. The zero-order valence-corrected chi connectivity index (χ0v) is 26.9. The largest absolute Gasteiger partial charge is 0.495 e. The number of halogens is 3. The van der Waals surface area contributed by atoms with Crippen LogP contribution in [0.15, 0.2) is 24.4 Å². The minimum Gasteiger partial charge on any atom is -0.495 e. The van der Waals surface area contributed by atoms with Gasteiger partial charge in [-0.1, -0.05) is 19.8 Å². The summed E-state index contributed by atoms with van der Waals surface area (Å²) in [5.41, 5.74) is -0.385. The SMILES string of the molecule is CCN([C@@H]1CCCC[C@@]12CC2CCc1nc(Nc2ccc(C(=O)NC3CCCNC3)cc2OC)ncc1C(F)(F)F)S(C)(=O)=O. The summed E-state index contributed by atoms with van der Waals surface area (Å²) in [7, 11) is -1.95. The van der Waals surface area contributed by atoms with Gasteiger partial charge in [-0.3, -0.25) is 4.79 Å². The number of aromatic nitrogens is 2. The van der Waals surface area contributed by atoms with Crippen LogP contribution in [0.4, 0.5) is 24.8 Å². The molecule has 0 bridgehead atoms. The molecule has 1 saturated heterocycles. The summed E-state index contributed by atoms with van der Waals surface area (Å²) in [6.07, 6.45) is 4.21. The Kier molecular flexibility index (Phi) is 9.95. The zero-order chi connectivity index (χ0) is 32.4. The summed E-state index contributed by atoms with van der Waals surface area (Å²) >= 11 is 0. The number of benzene rings is 1. The minimum absolute atomic E-state index is 0.0166. The van der Waals surface area contributed by atoms with E-state index in [1.54, 1.807) is 22.5 Å². The quantitative estimate of drug-likeness (QED) is 0.314. The number of carbonyl (C=O) groups is 1. The Morgan fingerprint density at radius 2 is 2.02 bits per heavy atom. The number of anilines is 2. The Morgan fingerprint density at radius 3 is 2.69 bits per heavy atom. The van der Waals surface area contributed by atoms with E-state index in [1.807, 2.05) is 6.92 Å². The molecule has 3 aliphatic rings. The van der Waals surface area contributed by atoms with Crippen LogP contribution in [0.25, 0.3) is 0 Å². The molecule has 1 amide bonds. The van der Waals surface area contributed by atoms with E-state index in [0.717, 1.165) is 57.7 Å². The van der Waals surface area contributed by atoms with Crippen LogP contribution < -0.4 is 20.7 Å². The van der Waals surface area contributed by atoms with Crippen LogP contribution in [0, 0.1) is 11.3 Å². The molecule has 2 saturated carbocycles. The summed E-state index contributed by atoms with van der Waals surface area (Å²) in [5, 5.41) is 9.24. The third-order valence-corrected chi connectivity index (χ3v) is 11.0. The fraction of sp³-hybridized carbons (Fsp3) is 0.645. The second-order valence-corrected chi connectivity index (χ2v) is 14.4. The van der Waals surface area contributed by atoms with Crippen molar-refractivity contribution in [1.29, 1.82) is 0 Å². The lowest BCUT2D eigenvalue weighted by molar-refractivity contribution is -0.138. The van der Waals surface area contributed by atoms with E-state index in [1.165, 1.54) is 13.4 Å². The van der Waals surface area contributed by atoms with Crippen LogP contribution >= 0.6 is 0 Å². The number of hydrogen-bond acceptors (Lipinski definition) is 8. The van der Waals surface area contributed by atoms with E-state index in [0.29, 0.717) is 36.5 Å². The number of alkyl halides is 3. The molecule has 248 valence electrons. The summed E-state index contributed by atoms with van der Waals surface area (Å²) in [6, 6.07) is 4.71. The van der Waals surface area contributed by atoms with Gasteiger partial charge in [0.2, 0.25) is 16.0 Å². The Morgan fingerprint density at radius 1 is 1.22 bits per heavy atom. The predicted octanol–water partition coefficient (Wildman–Crippen LogP) is 4.89. The standard InChI is InChI=1S/C31H43F3N6O4S/c1-4-40(45(3,42)43)27-9-5-6-14-30(27)17-21(30)11-13-24-23(31(32,33)34)19-36-29(38-24)39-25-12-10-20(16-26(25)44-2)28(41)37-22-8-7-15-35-18-22/h10,12,16,19,21-22,27,35H,4-9,11,13-15,17-18H2,1-3H3,(H,37,41)(H,36,38,39)/t21?,22?,27-,30+/m1/s1. The van der Waals surface area contributed by atoms with Gasteiger partial charge in [-0.25, -0.2) is 18.4 Å². The second-order valence-electron chi connectivity index (χ2n) is 12.5. The predicted molar refractivity (Wildman–Crippen MR) is 165 cm³/mol. The van der Waals surface area contributed by atoms with Crippen LogP contribution in [0.3, 0.4) is 0 Å². The minimum atomic E-state index is -4.63. The Labute approximate surface area is 263 Å². The van der Waals surface area contributed by atoms with Gasteiger partial charge in [-0.05, 0) is 81.0 Å². The number of rotatable bonds is 11. The highest BCUT2D eigenvalue weighted by Crippen LogP contribution is 2.64. The summed E-state index contributed by atoms with van der Waals surface area (Å²) in [5.74, 6) is 0.189. The number of nitrogens with zero attached hydrogens (tertiary/aromatic N) is 3. The molecule has 3 fully saturated rings. The van der Waals surface area contributed by atoms with Gasteiger partial charge in [-0.2, -0.15) is 17.5 Å².